The molecule has 0 fully saturated rings. The molecule has 0 amide bonds. The van der Waals surface area contributed by atoms with Gasteiger partial charge in [0.15, 0.2) is 6.10 Å². The molecule has 1 unspecified atom stereocenters. The molecule has 1 atom stereocenters. The largest absolute Gasteiger partial charge is 0.449 e. The first kappa shape index (κ1) is 18.2. The van der Waals surface area contributed by atoms with E-state index in [4.69, 9.17) is 9.15 Å². The number of esters is 1. The van der Waals surface area contributed by atoms with E-state index >= 15 is 0 Å². The summed E-state index contributed by atoms with van der Waals surface area (Å²) < 4.78 is 11.0. The van der Waals surface area contributed by atoms with Crippen molar-refractivity contribution in [3.05, 3.63) is 75.2 Å². The first-order valence-electron chi connectivity index (χ1n) is 8.21. The summed E-state index contributed by atoms with van der Waals surface area (Å²) in [4.78, 5) is 22.6. The van der Waals surface area contributed by atoms with Crippen LogP contribution in [0.15, 0.2) is 46.9 Å². The number of non-ortho nitro benzene ring substituents is 1. The molecule has 0 bridgehead atoms. The molecule has 2 aromatic carbocycles. The molecule has 0 radical (unpaired) electrons. The minimum absolute atomic E-state index is 0.0331. The maximum Gasteiger partial charge on any atom is 0.339 e. The van der Waals surface area contributed by atoms with Crippen molar-refractivity contribution in [2.45, 2.75) is 26.9 Å². The number of nitrogens with zero attached hydrogens (tertiary/aromatic N) is 3. The predicted octanol–water partition coefficient (Wildman–Crippen LogP) is 4.18. The summed E-state index contributed by atoms with van der Waals surface area (Å²) in [6, 6.07) is 11.2. The Morgan fingerprint density at radius 1 is 1.15 bits per heavy atom. The zero-order valence-corrected chi connectivity index (χ0v) is 15.0. The topological polar surface area (TPSA) is 108 Å². The van der Waals surface area contributed by atoms with E-state index in [1.165, 1.54) is 24.3 Å². The second kappa shape index (κ2) is 7.36. The van der Waals surface area contributed by atoms with Crippen molar-refractivity contribution in [2.24, 2.45) is 0 Å². The maximum absolute atomic E-state index is 12.4. The van der Waals surface area contributed by atoms with Gasteiger partial charge in [0.2, 0.25) is 5.89 Å². The lowest BCUT2D eigenvalue weighted by atomic mass is 10.1. The van der Waals surface area contributed by atoms with E-state index in [1.807, 2.05) is 26.0 Å². The zero-order valence-electron chi connectivity index (χ0n) is 15.0. The van der Waals surface area contributed by atoms with E-state index in [0.29, 0.717) is 11.1 Å². The quantitative estimate of drug-likeness (QED) is 0.378. The van der Waals surface area contributed by atoms with Crippen LogP contribution in [0.5, 0.6) is 0 Å². The summed E-state index contributed by atoms with van der Waals surface area (Å²) in [7, 11) is 0. The maximum atomic E-state index is 12.4. The van der Waals surface area contributed by atoms with Crippen LogP contribution in [0.4, 0.5) is 5.69 Å². The summed E-state index contributed by atoms with van der Waals surface area (Å²) in [5.74, 6) is -0.147. The third-order valence-corrected chi connectivity index (χ3v) is 4.00. The standard InChI is InChI=1S/C19H17N3O5/c1-11-4-9-16(12(2)10-11)19(23)26-13(3)17-20-21-18(27-17)14-5-7-15(8-6-14)22(24)25/h4-10,13H,1-3H3. The SMILES string of the molecule is Cc1ccc(C(=O)OC(C)c2nnc(-c3ccc([N+](=O)[O-])cc3)o2)c(C)c1. The van der Waals surface area contributed by atoms with Crippen molar-refractivity contribution in [1.29, 1.82) is 0 Å². The smallest absolute Gasteiger partial charge is 0.339 e. The second-order valence-corrected chi connectivity index (χ2v) is 6.12. The Morgan fingerprint density at radius 2 is 1.85 bits per heavy atom. The molecule has 1 heterocycles. The van der Waals surface area contributed by atoms with Crippen LogP contribution in [0.3, 0.4) is 0 Å². The monoisotopic (exact) mass is 367 g/mol. The molecule has 0 saturated carbocycles. The lowest BCUT2D eigenvalue weighted by Gasteiger charge is -2.11. The average molecular weight is 367 g/mol. The lowest BCUT2D eigenvalue weighted by molar-refractivity contribution is -0.384. The molecule has 3 rings (SSSR count). The van der Waals surface area contributed by atoms with Gasteiger partial charge in [-0.3, -0.25) is 10.1 Å². The molecule has 1 aromatic heterocycles. The van der Waals surface area contributed by atoms with Gasteiger partial charge in [-0.15, -0.1) is 10.2 Å². The van der Waals surface area contributed by atoms with Crippen molar-refractivity contribution in [3.8, 4) is 11.5 Å². The number of hydrogen-bond donors (Lipinski definition) is 0. The summed E-state index contributed by atoms with van der Waals surface area (Å²) in [5, 5.41) is 18.5. The molecule has 27 heavy (non-hydrogen) atoms. The molecular formula is C19H17N3O5. The number of carbonyl (C=O) groups is 1. The fourth-order valence-electron chi connectivity index (χ4n) is 2.56. The van der Waals surface area contributed by atoms with E-state index in [-0.39, 0.29) is 17.5 Å². The molecule has 0 saturated heterocycles. The lowest BCUT2D eigenvalue weighted by Crippen LogP contribution is -2.11. The summed E-state index contributed by atoms with van der Waals surface area (Å²) >= 11 is 0. The van der Waals surface area contributed by atoms with Crippen LogP contribution in [0.2, 0.25) is 0 Å². The van der Waals surface area contributed by atoms with Crippen LogP contribution in [0.1, 0.15) is 40.4 Å². The predicted molar refractivity (Wildman–Crippen MR) is 96.1 cm³/mol. The first-order chi connectivity index (χ1) is 12.8. The van der Waals surface area contributed by atoms with Gasteiger partial charge in [0.25, 0.3) is 11.6 Å². The molecule has 0 spiro atoms. The number of benzene rings is 2. The van der Waals surface area contributed by atoms with Crippen LogP contribution >= 0.6 is 0 Å². The van der Waals surface area contributed by atoms with Crippen LogP contribution in [0.25, 0.3) is 11.5 Å². The number of nitro groups is 1. The highest BCUT2D eigenvalue weighted by Crippen LogP contribution is 2.25. The van der Waals surface area contributed by atoms with Gasteiger partial charge in [-0.1, -0.05) is 17.7 Å². The van der Waals surface area contributed by atoms with Gasteiger partial charge in [0.05, 0.1) is 10.5 Å². The number of aryl methyl sites for hydroxylation is 2. The summed E-state index contributed by atoms with van der Waals surface area (Å²) in [5.41, 5.74) is 2.86. The van der Waals surface area contributed by atoms with Gasteiger partial charge in [-0.2, -0.15) is 0 Å². The molecular weight excluding hydrogens is 350 g/mol. The van der Waals surface area contributed by atoms with E-state index in [0.717, 1.165) is 11.1 Å². The summed E-state index contributed by atoms with van der Waals surface area (Å²) in [6.07, 6.45) is -0.738. The minimum atomic E-state index is -0.738. The van der Waals surface area contributed by atoms with Crippen molar-refractivity contribution >= 4 is 11.7 Å². The van der Waals surface area contributed by atoms with Crippen LogP contribution < -0.4 is 0 Å². The molecule has 3 aromatic rings. The minimum Gasteiger partial charge on any atom is -0.449 e. The van der Waals surface area contributed by atoms with E-state index in [1.54, 1.807) is 13.0 Å². The third-order valence-electron chi connectivity index (χ3n) is 4.00. The van der Waals surface area contributed by atoms with Gasteiger partial charge in [-0.05, 0) is 44.5 Å². The fourth-order valence-corrected chi connectivity index (χ4v) is 2.56. The van der Waals surface area contributed by atoms with Gasteiger partial charge >= 0.3 is 5.97 Å². The summed E-state index contributed by atoms with van der Waals surface area (Å²) in [6.45, 7) is 5.42. The number of rotatable bonds is 5. The number of hydrogen-bond acceptors (Lipinski definition) is 7. The molecule has 8 heteroatoms. The molecule has 138 valence electrons. The average Bonchev–Trinajstić information content (AvgIpc) is 3.12. The van der Waals surface area contributed by atoms with Crippen molar-refractivity contribution in [2.75, 3.05) is 0 Å². The molecule has 0 aliphatic rings. The normalized spacial score (nSPS) is 11.8. The highest BCUT2D eigenvalue weighted by atomic mass is 16.6. The molecule has 0 aliphatic heterocycles. The van der Waals surface area contributed by atoms with E-state index < -0.39 is 17.0 Å². The first-order valence-corrected chi connectivity index (χ1v) is 8.21. The van der Waals surface area contributed by atoms with Crippen molar-refractivity contribution in [1.82, 2.24) is 10.2 Å². The van der Waals surface area contributed by atoms with E-state index in [2.05, 4.69) is 10.2 Å². The Bertz CT molecular complexity index is 995. The van der Waals surface area contributed by atoms with Gasteiger partial charge in [-0.25, -0.2) is 4.79 Å². The number of ether oxygens (including phenoxy) is 1. The van der Waals surface area contributed by atoms with Crippen LogP contribution in [-0.4, -0.2) is 21.1 Å². The van der Waals surface area contributed by atoms with Crippen molar-refractivity contribution in [3.63, 3.8) is 0 Å². The fraction of sp³-hybridized carbons (Fsp3) is 0.211. The third kappa shape index (κ3) is 4.00. The van der Waals surface area contributed by atoms with Crippen LogP contribution in [-0.2, 0) is 4.74 Å². The number of nitro benzene ring substituents is 1. The number of carbonyl (C=O) groups excluding carboxylic acids is 1. The highest BCUT2D eigenvalue weighted by molar-refractivity contribution is 5.91. The molecule has 0 N–H and O–H groups in total. The number of aromatic nitrogens is 2. The second-order valence-electron chi connectivity index (χ2n) is 6.12. The Balaban J connectivity index is 1.73. The Kier molecular flexibility index (Phi) is 4.98. The van der Waals surface area contributed by atoms with Gasteiger partial charge in [0, 0.05) is 17.7 Å². The highest BCUT2D eigenvalue weighted by Gasteiger charge is 2.21. The van der Waals surface area contributed by atoms with Crippen LogP contribution in [0, 0.1) is 24.0 Å². The Labute approximate surface area is 155 Å². The molecule has 8 nitrogen and oxygen atoms in total. The van der Waals surface area contributed by atoms with E-state index in [9.17, 15) is 14.9 Å². The Hall–Kier alpha value is -3.55. The zero-order chi connectivity index (χ0) is 19.6. The Morgan fingerprint density at radius 3 is 2.48 bits per heavy atom. The van der Waals surface area contributed by atoms with Crippen molar-refractivity contribution < 1.29 is 18.9 Å². The molecule has 0 aliphatic carbocycles. The van der Waals surface area contributed by atoms with Gasteiger partial charge in [0.1, 0.15) is 0 Å². The van der Waals surface area contributed by atoms with Gasteiger partial charge < -0.3 is 9.15 Å².